The van der Waals surface area contributed by atoms with Gasteiger partial charge < -0.3 is 15.4 Å². The van der Waals surface area contributed by atoms with Gasteiger partial charge in [0.05, 0.1) is 0 Å². The Kier molecular flexibility index (Phi) is 9.28. The first-order valence-electron chi connectivity index (χ1n) is 7.93. The molecule has 0 radical (unpaired) electrons. The van der Waals surface area contributed by atoms with Crippen LogP contribution in [0, 0.1) is 0 Å². The van der Waals surface area contributed by atoms with E-state index >= 15 is 0 Å². The number of benzene rings is 1. The molecule has 2 aromatic rings. The Morgan fingerprint density at radius 2 is 2.00 bits per heavy atom. The molecule has 2 rings (SSSR count). The van der Waals surface area contributed by atoms with Gasteiger partial charge in [-0.05, 0) is 29.1 Å². The minimum absolute atomic E-state index is 0. The molecule has 0 fully saturated rings. The average molecular weight is 495 g/mol. The molecule has 1 heterocycles. The molecule has 0 unspecified atom stereocenters. The number of halogens is 3. The van der Waals surface area contributed by atoms with Crippen molar-refractivity contribution in [2.45, 2.75) is 32.4 Å². The van der Waals surface area contributed by atoms with Crippen molar-refractivity contribution in [3.63, 3.8) is 0 Å². The van der Waals surface area contributed by atoms with Crippen LogP contribution in [0.3, 0.4) is 0 Å². The highest BCUT2D eigenvalue weighted by atomic mass is 127. The molecule has 0 amide bonds. The maximum absolute atomic E-state index is 12.3. The van der Waals surface area contributed by atoms with E-state index in [0.717, 1.165) is 12.1 Å². The highest BCUT2D eigenvalue weighted by Gasteiger charge is 2.21. The number of alkyl halides is 2. The molecule has 0 spiro atoms. The van der Waals surface area contributed by atoms with Crippen LogP contribution in [0.1, 0.15) is 24.3 Å². The van der Waals surface area contributed by atoms with Gasteiger partial charge in [-0.25, -0.2) is 0 Å². The topological polar surface area (TPSA) is 45.7 Å². The second-order valence-corrected chi connectivity index (χ2v) is 7.11. The average Bonchev–Trinajstić information content (AvgIpc) is 3.10. The first-order valence-corrected chi connectivity index (χ1v) is 8.81. The molecule has 0 saturated heterocycles. The lowest BCUT2D eigenvalue weighted by atomic mass is 9.91. The predicted molar refractivity (Wildman–Crippen MR) is 114 cm³/mol. The number of nitrogens with one attached hydrogen (secondary N) is 2. The first-order chi connectivity index (χ1) is 11.9. The largest absolute Gasteiger partial charge is 0.435 e. The summed E-state index contributed by atoms with van der Waals surface area (Å²) >= 11 is 1.73. The normalized spacial score (nSPS) is 11.8. The molecule has 0 aliphatic heterocycles. The summed E-state index contributed by atoms with van der Waals surface area (Å²) in [5.41, 5.74) is 0.815. The summed E-state index contributed by atoms with van der Waals surface area (Å²) in [6.45, 7) is 2.70. The fourth-order valence-corrected chi connectivity index (χ4v) is 3.15. The van der Waals surface area contributed by atoms with Crippen molar-refractivity contribution in [1.29, 1.82) is 0 Å². The van der Waals surface area contributed by atoms with E-state index in [0.29, 0.717) is 12.5 Å². The molecule has 1 aromatic heterocycles. The molecule has 0 saturated carbocycles. The maximum Gasteiger partial charge on any atom is 0.387 e. The lowest BCUT2D eigenvalue weighted by Gasteiger charge is -2.25. The molecule has 8 heteroatoms. The molecule has 0 atom stereocenters. The van der Waals surface area contributed by atoms with Crippen LogP contribution in [0.5, 0.6) is 5.75 Å². The molecule has 0 aliphatic rings. The second kappa shape index (κ2) is 10.7. The lowest BCUT2D eigenvalue weighted by molar-refractivity contribution is -0.0498. The van der Waals surface area contributed by atoms with Gasteiger partial charge in [0.25, 0.3) is 0 Å². The highest BCUT2D eigenvalue weighted by molar-refractivity contribution is 14.0. The number of rotatable bonds is 7. The SMILES string of the molecule is CN=C(NCc1cccc(OC(F)F)c1)NCC(C)(C)c1cccs1.I. The Bertz CT molecular complexity index is 694. The van der Waals surface area contributed by atoms with Gasteiger partial charge >= 0.3 is 6.61 Å². The van der Waals surface area contributed by atoms with Gasteiger partial charge in [-0.2, -0.15) is 8.78 Å². The Hall–Kier alpha value is -1.42. The van der Waals surface area contributed by atoms with Crippen LogP contribution in [-0.4, -0.2) is 26.2 Å². The van der Waals surface area contributed by atoms with Crippen LogP contribution in [0.4, 0.5) is 8.78 Å². The zero-order chi connectivity index (χ0) is 18.3. The van der Waals surface area contributed by atoms with E-state index in [-0.39, 0.29) is 35.1 Å². The number of ether oxygens (including phenoxy) is 1. The Labute approximate surface area is 174 Å². The zero-order valence-corrected chi connectivity index (χ0v) is 18.1. The highest BCUT2D eigenvalue weighted by Crippen LogP contribution is 2.26. The number of hydrogen-bond acceptors (Lipinski definition) is 3. The molecule has 4 nitrogen and oxygen atoms in total. The zero-order valence-electron chi connectivity index (χ0n) is 15.0. The number of hydrogen-bond donors (Lipinski definition) is 2. The van der Waals surface area contributed by atoms with E-state index in [1.54, 1.807) is 30.5 Å². The quantitative estimate of drug-likeness (QED) is 0.335. The van der Waals surface area contributed by atoms with Crippen LogP contribution in [0.2, 0.25) is 0 Å². The summed E-state index contributed by atoms with van der Waals surface area (Å²) < 4.78 is 29.0. The van der Waals surface area contributed by atoms with Crippen LogP contribution in [0.25, 0.3) is 0 Å². The minimum atomic E-state index is -2.82. The number of nitrogens with zero attached hydrogens (tertiary/aromatic N) is 1. The van der Waals surface area contributed by atoms with E-state index in [1.165, 1.54) is 10.9 Å². The smallest absolute Gasteiger partial charge is 0.387 e. The summed E-state index contributed by atoms with van der Waals surface area (Å²) in [7, 11) is 1.70. The van der Waals surface area contributed by atoms with Crippen molar-refractivity contribution in [2.75, 3.05) is 13.6 Å². The summed E-state index contributed by atoms with van der Waals surface area (Å²) in [6.07, 6.45) is 0. The maximum atomic E-state index is 12.3. The molecule has 2 N–H and O–H groups in total. The standard InChI is InChI=1S/C18H23F2N3OS.HI/c1-18(2,15-8-5-9-25-15)12-23-17(21-3)22-11-13-6-4-7-14(10-13)24-16(19)20;/h4-10,16H,11-12H2,1-3H3,(H2,21,22,23);1H. The van der Waals surface area contributed by atoms with Crippen molar-refractivity contribution in [1.82, 2.24) is 10.6 Å². The minimum Gasteiger partial charge on any atom is -0.435 e. The van der Waals surface area contributed by atoms with Crippen LogP contribution in [0.15, 0.2) is 46.8 Å². The van der Waals surface area contributed by atoms with Gasteiger partial charge in [-0.3, -0.25) is 4.99 Å². The summed E-state index contributed by atoms with van der Waals surface area (Å²) in [5, 5.41) is 8.56. The number of thiophene rings is 1. The van der Waals surface area contributed by atoms with Crippen molar-refractivity contribution in [3.05, 3.63) is 52.2 Å². The third-order valence-corrected chi connectivity index (χ3v) is 4.93. The molecule has 0 bridgehead atoms. The van der Waals surface area contributed by atoms with Gasteiger partial charge in [-0.1, -0.05) is 32.0 Å². The van der Waals surface area contributed by atoms with Crippen molar-refractivity contribution < 1.29 is 13.5 Å². The fourth-order valence-electron chi connectivity index (χ4n) is 2.29. The van der Waals surface area contributed by atoms with Gasteiger partial charge in [-0.15, -0.1) is 35.3 Å². The summed E-state index contributed by atoms with van der Waals surface area (Å²) in [6, 6.07) is 10.8. The lowest BCUT2D eigenvalue weighted by Crippen LogP contribution is -2.42. The van der Waals surface area contributed by atoms with Crippen molar-refractivity contribution in [3.8, 4) is 5.75 Å². The van der Waals surface area contributed by atoms with Gasteiger partial charge in [0.15, 0.2) is 5.96 Å². The van der Waals surface area contributed by atoms with E-state index in [1.807, 2.05) is 12.1 Å². The molecule has 144 valence electrons. The molecule has 26 heavy (non-hydrogen) atoms. The Morgan fingerprint density at radius 3 is 2.62 bits per heavy atom. The second-order valence-electron chi connectivity index (χ2n) is 6.17. The van der Waals surface area contributed by atoms with E-state index < -0.39 is 6.61 Å². The molecular formula is C18H24F2IN3OS. The first kappa shape index (κ1) is 22.6. The van der Waals surface area contributed by atoms with Gasteiger partial charge in [0.2, 0.25) is 0 Å². The third kappa shape index (κ3) is 7.06. The summed E-state index contributed by atoms with van der Waals surface area (Å²) in [4.78, 5) is 5.50. The van der Waals surface area contributed by atoms with Crippen LogP contribution >= 0.6 is 35.3 Å². The van der Waals surface area contributed by atoms with E-state index in [9.17, 15) is 8.78 Å². The fraction of sp³-hybridized carbons (Fsp3) is 0.389. The summed E-state index contributed by atoms with van der Waals surface area (Å²) in [5.74, 6) is 0.806. The van der Waals surface area contributed by atoms with Crippen LogP contribution in [-0.2, 0) is 12.0 Å². The third-order valence-electron chi connectivity index (χ3n) is 3.69. The Morgan fingerprint density at radius 1 is 1.23 bits per heavy atom. The van der Waals surface area contributed by atoms with E-state index in [2.05, 4.69) is 45.7 Å². The molecule has 0 aliphatic carbocycles. The van der Waals surface area contributed by atoms with Crippen LogP contribution < -0.4 is 15.4 Å². The predicted octanol–water partition coefficient (Wildman–Crippen LogP) is 4.61. The number of aliphatic imine (C=N–C) groups is 1. The van der Waals surface area contributed by atoms with Gasteiger partial charge in [0, 0.05) is 30.4 Å². The Balaban J connectivity index is 0.00000338. The molecule has 1 aromatic carbocycles. The number of guanidine groups is 1. The molecular weight excluding hydrogens is 471 g/mol. The monoisotopic (exact) mass is 495 g/mol. The van der Waals surface area contributed by atoms with Crippen molar-refractivity contribution >= 4 is 41.3 Å². The van der Waals surface area contributed by atoms with E-state index in [4.69, 9.17) is 0 Å². The van der Waals surface area contributed by atoms with Crippen molar-refractivity contribution in [2.24, 2.45) is 4.99 Å². The van der Waals surface area contributed by atoms with Gasteiger partial charge in [0.1, 0.15) is 5.75 Å².